The van der Waals surface area contributed by atoms with E-state index < -0.39 is 5.60 Å². The summed E-state index contributed by atoms with van der Waals surface area (Å²) in [5.74, 6) is 0.390. The third kappa shape index (κ3) is 3.62. The van der Waals surface area contributed by atoms with Crippen LogP contribution in [-0.4, -0.2) is 59.6 Å². The molecule has 2 fully saturated rings. The van der Waals surface area contributed by atoms with Gasteiger partial charge in [-0.2, -0.15) is 0 Å². The van der Waals surface area contributed by atoms with Crippen molar-refractivity contribution >= 4 is 12.0 Å². The van der Waals surface area contributed by atoms with E-state index in [2.05, 4.69) is 0 Å². The number of hydrogen-bond donors (Lipinski definition) is 1. The molecule has 2 amide bonds. The molecule has 1 unspecified atom stereocenters. The Kier molecular flexibility index (Phi) is 4.22. The molecular formula is C14H25N3O3. The summed E-state index contributed by atoms with van der Waals surface area (Å²) in [5.41, 5.74) is 5.27. The fourth-order valence-corrected chi connectivity index (χ4v) is 2.40. The van der Waals surface area contributed by atoms with Crippen molar-refractivity contribution in [2.45, 2.75) is 45.3 Å². The highest BCUT2D eigenvalue weighted by Crippen LogP contribution is 2.32. The number of rotatable bonds is 2. The highest BCUT2D eigenvalue weighted by Gasteiger charge is 2.39. The summed E-state index contributed by atoms with van der Waals surface area (Å²) in [6.45, 7) is 7.44. The van der Waals surface area contributed by atoms with Crippen LogP contribution in [0.4, 0.5) is 4.79 Å². The van der Waals surface area contributed by atoms with Gasteiger partial charge in [-0.1, -0.05) is 0 Å². The van der Waals surface area contributed by atoms with Crippen molar-refractivity contribution in [3.8, 4) is 0 Å². The zero-order valence-electron chi connectivity index (χ0n) is 12.6. The lowest BCUT2D eigenvalue weighted by atomic mass is 10.1. The fourth-order valence-electron chi connectivity index (χ4n) is 2.40. The number of nitrogens with two attached hydrogens (primary N) is 1. The smallest absolute Gasteiger partial charge is 0.410 e. The lowest BCUT2D eigenvalue weighted by molar-refractivity contribution is -0.137. The average Bonchev–Trinajstić information content (AvgIpc) is 3.19. The normalized spacial score (nSPS) is 23.7. The number of piperazine rings is 1. The van der Waals surface area contributed by atoms with Crippen molar-refractivity contribution in [1.82, 2.24) is 9.80 Å². The van der Waals surface area contributed by atoms with Crippen molar-refractivity contribution in [3.63, 3.8) is 0 Å². The maximum Gasteiger partial charge on any atom is 0.410 e. The summed E-state index contributed by atoms with van der Waals surface area (Å²) in [6.07, 6.45) is 1.65. The van der Waals surface area contributed by atoms with E-state index in [1.165, 1.54) is 0 Å². The lowest BCUT2D eigenvalue weighted by Gasteiger charge is -2.41. The first kappa shape index (κ1) is 15.1. The highest BCUT2D eigenvalue weighted by molar-refractivity contribution is 5.81. The Bertz CT molecular complexity index is 388. The largest absolute Gasteiger partial charge is 0.444 e. The minimum atomic E-state index is -0.504. The molecule has 114 valence electrons. The SMILES string of the molecule is CC(C)(C)OC(=O)N1CCN(C(=O)C2CC2)C(CN)C1. The topological polar surface area (TPSA) is 75.9 Å². The van der Waals surface area contributed by atoms with E-state index in [9.17, 15) is 9.59 Å². The molecule has 1 atom stereocenters. The van der Waals surface area contributed by atoms with Crippen LogP contribution in [0.15, 0.2) is 0 Å². The van der Waals surface area contributed by atoms with E-state index in [0.717, 1.165) is 12.8 Å². The Balaban J connectivity index is 1.94. The van der Waals surface area contributed by atoms with E-state index in [4.69, 9.17) is 10.5 Å². The number of carbonyl (C=O) groups is 2. The van der Waals surface area contributed by atoms with Gasteiger partial charge in [-0.25, -0.2) is 4.79 Å². The van der Waals surface area contributed by atoms with Crippen LogP contribution in [0.1, 0.15) is 33.6 Å². The first-order valence-electron chi connectivity index (χ1n) is 7.30. The Morgan fingerprint density at radius 1 is 1.25 bits per heavy atom. The Hall–Kier alpha value is -1.30. The minimum absolute atomic E-state index is 0.0932. The standard InChI is InChI=1S/C14H25N3O3/c1-14(2,3)20-13(19)16-6-7-17(11(8-15)9-16)12(18)10-4-5-10/h10-11H,4-9,15H2,1-3H3. The molecule has 6 nitrogen and oxygen atoms in total. The predicted molar refractivity (Wildman–Crippen MR) is 75.1 cm³/mol. The summed E-state index contributed by atoms with van der Waals surface area (Å²) in [5, 5.41) is 0. The van der Waals surface area contributed by atoms with Gasteiger partial charge in [0.2, 0.25) is 5.91 Å². The summed E-state index contributed by atoms with van der Waals surface area (Å²) < 4.78 is 5.37. The van der Waals surface area contributed by atoms with E-state index in [-0.39, 0.29) is 24.0 Å². The Morgan fingerprint density at radius 3 is 2.40 bits per heavy atom. The number of nitrogens with zero attached hydrogens (tertiary/aromatic N) is 2. The first-order valence-corrected chi connectivity index (χ1v) is 7.30. The molecule has 0 aromatic heterocycles. The van der Waals surface area contributed by atoms with Crippen LogP contribution in [0.25, 0.3) is 0 Å². The maximum absolute atomic E-state index is 12.2. The van der Waals surface area contributed by atoms with Gasteiger partial charge >= 0.3 is 6.09 Å². The number of carbonyl (C=O) groups excluding carboxylic acids is 2. The van der Waals surface area contributed by atoms with E-state index in [0.29, 0.717) is 26.2 Å². The molecule has 0 aromatic rings. The first-order chi connectivity index (χ1) is 9.31. The number of hydrogen-bond acceptors (Lipinski definition) is 4. The summed E-state index contributed by atoms with van der Waals surface area (Å²) in [6, 6.07) is -0.0932. The molecule has 2 N–H and O–H groups in total. The van der Waals surface area contributed by atoms with E-state index in [1.807, 2.05) is 25.7 Å². The van der Waals surface area contributed by atoms with Crippen LogP contribution in [0.3, 0.4) is 0 Å². The Labute approximate surface area is 120 Å². The lowest BCUT2D eigenvalue weighted by Crippen LogP contribution is -2.59. The monoisotopic (exact) mass is 283 g/mol. The number of amides is 2. The van der Waals surface area contributed by atoms with Crippen LogP contribution < -0.4 is 5.73 Å². The maximum atomic E-state index is 12.2. The van der Waals surface area contributed by atoms with Gasteiger partial charge in [-0.3, -0.25) is 4.79 Å². The molecule has 1 saturated heterocycles. The highest BCUT2D eigenvalue weighted by atomic mass is 16.6. The molecule has 6 heteroatoms. The summed E-state index contributed by atoms with van der Waals surface area (Å²) in [4.78, 5) is 27.7. The fraction of sp³-hybridized carbons (Fsp3) is 0.857. The minimum Gasteiger partial charge on any atom is -0.444 e. The second-order valence-electron chi connectivity index (χ2n) is 6.62. The quantitative estimate of drug-likeness (QED) is 0.813. The molecule has 20 heavy (non-hydrogen) atoms. The molecule has 0 bridgehead atoms. The van der Waals surface area contributed by atoms with Crippen LogP contribution in [-0.2, 0) is 9.53 Å². The zero-order valence-corrected chi connectivity index (χ0v) is 12.6. The molecule has 1 saturated carbocycles. The molecule has 0 aromatic carbocycles. The summed E-state index contributed by atoms with van der Waals surface area (Å²) >= 11 is 0. The van der Waals surface area contributed by atoms with Crippen LogP contribution >= 0.6 is 0 Å². The molecule has 0 spiro atoms. The van der Waals surface area contributed by atoms with Crippen molar-refractivity contribution in [3.05, 3.63) is 0 Å². The van der Waals surface area contributed by atoms with Crippen molar-refractivity contribution in [2.75, 3.05) is 26.2 Å². The number of ether oxygens (including phenoxy) is 1. The molecule has 2 aliphatic rings. The van der Waals surface area contributed by atoms with Gasteiger partial charge in [-0.15, -0.1) is 0 Å². The van der Waals surface area contributed by atoms with E-state index in [1.54, 1.807) is 4.90 Å². The third-order valence-corrected chi connectivity index (χ3v) is 3.62. The second-order valence-corrected chi connectivity index (χ2v) is 6.62. The molecule has 0 radical (unpaired) electrons. The van der Waals surface area contributed by atoms with Gasteiger partial charge in [-0.05, 0) is 33.6 Å². The van der Waals surface area contributed by atoms with Crippen LogP contribution in [0.5, 0.6) is 0 Å². The van der Waals surface area contributed by atoms with Gasteiger partial charge in [0.05, 0.1) is 6.04 Å². The van der Waals surface area contributed by atoms with Gasteiger partial charge in [0.15, 0.2) is 0 Å². The van der Waals surface area contributed by atoms with Gasteiger partial charge in [0.1, 0.15) is 5.60 Å². The molecule has 1 heterocycles. The molecular weight excluding hydrogens is 258 g/mol. The van der Waals surface area contributed by atoms with Crippen LogP contribution in [0, 0.1) is 5.92 Å². The zero-order chi connectivity index (χ0) is 14.9. The van der Waals surface area contributed by atoms with Gasteiger partial charge < -0.3 is 20.3 Å². The average molecular weight is 283 g/mol. The van der Waals surface area contributed by atoms with Gasteiger partial charge in [0, 0.05) is 32.1 Å². The molecule has 1 aliphatic carbocycles. The van der Waals surface area contributed by atoms with Gasteiger partial charge in [0.25, 0.3) is 0 Å². The van der Waals surface area contributed by atoms with Crippen molar-refractivity contribution in [2.24, 2.45) is 11.7 Å². The molecule has 2 rings (SSSR count). The van der Waals surface area contributed by atoms with Crippen LogP contribution in [0.2, 0.25) is 0 Å². The third-order valence-electron chi connectivity index (χ3n) is 3.62. The summed E-state index contributed by atoms with van der Waals surface area (Å²) in [7, 11) is 0. The predicted octanol–water partition coefficient (Wildman–Crippen LogP) is 0.803. The van der Waals surface area contributed by atoms with Crippen molar-refractivity contribution < 1.29 is 14.3 Å². The van der Waals surface area contributed by atoms with E-state index >= 15 is 0 Å². The van der Waals surface area contributed by atoms with Crippen molar-refractivity contribution in [1.29, 1.82) is 0 Å². The second kappa shape index (κ2) is 5.60. The molecule has 1 aliphatic heterocycles. The Morgan fingerprint density at radius 2 is 1.90 bits per heavy atom.